The molecule has 5 nitrogen and oxygen atoms in total. The van der Waals surface area contributed by atoms with Gasteiger partial charge in [-0.25, -0.2) is 18.4 Å². The third-order valence-corrected chi connectivity index (χ3v) is 4.24. The van der Waals surface area contributed by atoms with Gasteiger partial charge in [0.1, 0.15) is 15.9 Å². The van der Waals surface area contributed by atoms with E-state index in [1.807, 2.05) is 6.92 Å². The van der Waals surface area contributed by atoms with Gasteiger partial charge in [0.05, 0.1) is 5.02 Å². The zero-order valence-corrected chi connectivity index (χ0v) is 12.1. The average molecular weight is 318 g/mol. The standard InChI is InChI=1S/C11H9Cl2N3O2S/c1-7-2-3-10(14-5-7)16-19(17,18)8-4-9(12)11(13)15-6-8/h2-6H,1H3,(H,14,16). The van der Waals surface area contributed by atoms with Crippen LogP contribution in [-0.4, -0.2) is 18.4 Å². The summed E-state index contributed by atoms with van der Waals surface area (Å²) in [7, 11) is -3.78. The molecule has 100 valence electrons. The van der Waals surface area contributed by atoms with Gasteiger partial charge in [0.15, 0.2) is 0 Å². The summed E-state index contributed by atoms with van der Waals surface area (Å²) in [6.45, 7) is 1.86. The molecular weight excluding hydrogens is 309 g/mol. The van der Waals surface area contributed by atoms with Crippen molar-refractivity contribution in [3.05, 3.63) is 46.3 Å². The average Bonchev–Trinajstić information content (AvgIpc) is 2.35. The number of pyridine rings is 2. The fourth-order valence-electron chi connectivity index (χ4n) is 1.28. The molecule has 2 rings (SSSR count). The topological polar surface area (TPSA) is 72.0 Å². The number of nitrogens with one attached hydrogen (secondary N) is 1. The van der Waals surface area contributed by atoms with E-state index in [9.17, 15) is 8.42 Å². The van der Waals surface area contributed by atoms with E-state index in [4.69, 9.17) is 23.2 Å². The molecule has 2 aromatic rings. The highest BCUT2D eigenvalue weighted by Gasteiger charge is 2.16. The first-order valence-corrected chi connectivity index (χ1v) is 7.39. The fraction of sp³-hybridized carbons (Fsp3) is 0.0909. The molecule has 0 saturated heterocycles. The third-order valence-electron chi connectivity index (χ3n) is 2.23. The second-order valence-electron chi connectivity index (χ2n) is 3.77. The number of aromatic nitrogens is 2. The molecule has 0 bridgehead atoms. The predicted molar refractivity (Wildman–Crippen MR) is 74.0 cm³/mol. The van der Waals surface area contributed by atoms with Crippen LogP contribution >= 0.6 is 23.2 Å². The van der Waals surface area contributed by atoms with E-state index in [2.05, 4.69) is 14.7 Å². The fourth-order valence-corrected chi connectivity index (χ4v) is 2.59. The van der Waals surface area contributed by atoms with Gasteiger partial charge in [-0.1, -0.05) is 29.3 Å². The van der Waals surface area contributed by atoms with Crippen molar-refractivity contribution in [2.24, 2.45) is 0 Å². The maximum absolute atomic E-state index is 12.1. The molecule has 1 N–H and O–H groups in total. The van der Waals surface area contributed by atoms with E-state index in [0.29, 0.717) is 0 Å². The molecular formula is C11H9Cl2N3O2S. The quantitative estimate of drug-likeness (QED) is 0.883. The predicted octanol–water partition coefficient (Wildman–Crippen LogP) is 2.89. The minimum Gasteiger partial charge on any atom is -0.263 e. The highest BCUT2D eigenvalue weighted by molar-refractivity contribution is 7.92. The second-order valence-corrected chi connectivity index (χ2v) is 6.22. The Morgan fingerprint density at radius 1 is 1.16 bits per heavy atom. The smallest absolute Gasteiger partial charge is 0.263 e. The summed E-state index contributed by atoms with van der Waals surface area (Å²) in [5.74, 6) is 0.219. The van der Waals surface area contributed by atoms with Crippen LogP contribution in [0.25, 0.3) is 0 Å². The number of hydrogen-bond acceptors (Lipinski definition) is 4. The van der Waals surface area contributed by atoms with Crippen molar-refractivity contribution in [2.45, 2.75) is 11.8 Å². The summed E-state index contributed by atoms with van der Waals surface area (Å²) in [5, 5.41) is 0.121. The molecule has 19 heavy (non-hydrogen) atoms. The number of nitrogens with zero attached hydrogens (tertiary/aromatic N) is 2. The maximum Gasteiger partial charge on any atom is 0.264 e. The van der Waals surface area contributed by atoms with E-state index >= 15 is 0 Å². The van der Waals surface area contributed by atoms with Gasteiger partial charge < -0.3 is 0 Å². The lowest BCUT2D eigenvalue weighted by Gasteiger charge is -2.07. The first kappa shape index (κ1) is 14.0. The van der Waals surface area contributed by atoms with Crippen LogP contribution in [0.2, 0.25) is 10.2 Å². The third kappa shape index (κ3) is 3.34. The van der Waals surface area contributed by atoms with E-state index in [0.717, 1.165) is 11.8 Å². The van der Waals surface area contributed by atoms with Gasteiger partial charge >= 0.3 is 0 Å². The summed E-state index contributed by atoms with van der Waals surface area (Å²) in [6, 6.07) is 4.54. The number of hydrogen-bond donors (Lipinski definition) is 1. The van der Waals surface area contributed by atoms with Gasteiger partial charge in [-0.3, -0.25) is 4.72 Å². The Labute approximate surface area is 120 Å². The highest BCUT2D eigenvalue weighted by atomic mass is 35.5. The minimum absolute atomic E-state index is 0.0501. The Bertz CT molecular complexity index is 702. The van der Waals surface area contributed by atoms with Gasteiger partial charge in [-0.2, -0.15) is 0 Å². The van der Waals surface area contributed by atoms with Crippen molar-refractivity contribution in [1.29, 1.82) is 0 Å². The summed E-state index contributed by atoms with van der Waals surface area (Å²) < 4.78 is 26.4. The SMILES string of the molecule is Cc1ccc(NS(=O)(=O)c2cnc(Cl)c(Cl)c2)nc1. The van der Waals surface area contributed by atoms with Crippen LogP contribution in [0.3, 0.4) is 0 Å². The lowest BCUT2D eigenvalue weighted by atomic mass is 10.3. The first-order chi connectivity index (χ1) is 8.88. The molecule has 0 aliphatic carbocycles. The van der Waals surface area contributed by atoms with Crippen LogP contribution in [0.4, 0.5) is 5.82 Å². The van der Waals surface area contributed by atoms with Gasteiger partial charge in [0.2, 0.25) is 0 Å². The number of halogens is 2. The van der Waals surface area contributed by atoms with E-state index in [-0.39, 0.29) is 20.9 Å². The summed E-state index contributed by atoms with van der Waals surface area (Å²) in [6.07, 6.45) is 2.69. The molecule has 0 unspecified atom stereocenters. The van der Waals surface area contributed by atoms with E-state index in [1.54, 1.807) is 18.3 Å². The number of anilines is 1. The Hall–Kier alpha value is -1.37. The largest absolute Gasteiger partial charge is 0.264 e. The molecule has 2 heterocycles. The van der Waals surface area contributed by atoms with Crippen LogP contribution in [0.15, 0.2) is 35.5 Å². The number of aryl methyl sites for hydroxylation is 1. The van der Waals surface area contributed by atoms with Crippen molar-refractivity contribution >= 4 is 39.0 Å². The molecule has 0 amide bonds. The van der Waals surface area contributed by atoms with Gasteiger partial charge in [0.25, 0.3) is 10.0 Å². The molecule has 0 radical (unpaired) electrons. The number of sulfonamides is 1. The van der Waals surface area contributed by atoms with Crippen molar-refractivity contribution in [3.63, 3.8) is 0 Å². The zero-order chi connectivity index (χ0) is 14.0. The molecule has 0 fully saturated rings. The van der Waals surface area contributed by atoms with E-state index in [1.165, 1.54) is 6.07 Å². The zero-order valence-electron chi connectivity index (χ0n) is 9.76. The van der Waals surface area contributed by atoms with Gasteiger partial charge in [-0.05, 0) is 24.6 Å². The molecule has 0 saturated carbocycles. The molecule has 0 atom stereocenters. The Kier molecular flexibility index (Phi) is 3.93. The van der Waals surface area contributed by atoms with Crippen molar-refractivity contribution in [2.75, 3.05) is 4.72 Å². The molecule has 0 aliphatic rings. The summed E-state index contributed by atoms with van der Waals surface area (Å²) >= 11 is 11.4. The molecule has 0 aromatic carbocycles. The van der Waals surface area contributed by atoms with Crippen LogP contribution in [0, 0.1) is 6.92 Å². The van der Waals surface area contributed by atoms with Crippen molar-refractivity contribution in [3.8, 4) is 0 Å². The van der Waals surface area contributed by atoms with Crippen LogP contribution in [-0.2, 0) is 10.0 Å². The van der Waals surface area contributed by atoms with Gasteiger partial charge in [0, 0.05) is 12.4 Å². The molecule has 0 aliphatic heterocycles. The number of rotatable bonds is 3. The first-order valence-electron chi connectivity index (χ1n) is 5.15. The van der Waals surface area contributed by atoms with Crippen LogP contribution in [0.5, 0.6) is 0 Å². The highest BCUT2D eigenvalue weighted by Crippen LogP contribution is 2.23. The molecule has 2 aromatic heterocycles. The minimum atomic E-state index is -3.78. The maximum atomic E-state index is 12.1. The van der Waals surface area contributed by atoms with Crippen molar-refractivity contribution in [1.82, 2.24) is 9.97 Å². The Balaban J connectivity index is 2.32. The normalized spacial score (nSPS) is 11.3. The van der Waals surface area contributed by atoms with E-state index < -0.39 is 10.0 Å². The summed E-state index contributed by atoms with van der Waals surface area (Å²) in [4.78, 5) is 7.57. The Morgan fingerprint density at radius 2 is 1.89 bits per heavy atom. The lowest BCUT2D eigenvalue weighted by molar-refractivity contribution is 0.600. The summed E-state index contributed by atoms with van der Waals surface area (Å²) in [5.41, 5.74) is 0.930. The van der Waals surface area contributed by atoms with Gasteiger partial charge in [-0.15, -0.1) is 0 Å². The monoisotopic (exact) mass is 317 g/mol. The molecule has 8 heteroatoms. The van der Waals surface area contributed by atoms with Crippen LogP contribution < -0.4 is 4.72 Å². The molecule has 0 spiro atoms. The Morgan fingerprint density at radius 3 is 2.47 bits per heavy atom. The van der Waals surface area contributed by atoms with Crippen molar-refractivity contribution < 1.29 is 8.42 Å². The van der Waals surface area contributed by atoms with Crippen LogP contribution in [0.1, 0.15) is 5.56 Å². The second kappa shape index (κ2) is 5.32. The lowest BCUT2D eigenvalue weighted by Crippen LogP contribution is -2.14.